The molecule has 0 atom stereocenters. The Morgan fingerprint density at radius 3 is 2.23 bits per heavy atom. The van der Waals surface area contributed by atoms with Crippen LogP contribution in [0.1, 0.15) is 19.4 Å². The Labute approximate surface area is 174 Å². The van der Waals surface area contributed by atoms with Gasteiger partial charge < -0.3 is 23.5 Å². The van der Waals surface area contributed by atoms with Crippen molar-refractivity contribution in [3.8, 4) is 17.2 Å². The van der Waals surface area contributed by atoms with Crippen LogP contribution in [0.15, 0.2) is 52.9 Å². The maximum absolute atomic E-state index is 13.4. The molecule has 0 saturated carbocycles. The maximum atomic E-state index is 13.4. The minimum absolute atomic E-state index is 0.0686. The molecule has 0 fully saturated rings. The molecule has 1 heterocycles. The molecular weight excluding hydrogens is 410 g/mol. The highest BCUT2D eigenvalue weighted by Crippen LogP contribution is 2.49. The van der Waals surface area contributed by atoms with Crippen LogP contribution in [-0.4, -0.2) is 25.3 Å². The maximum Gasteiger partial charge on any atom is 0.385 e. The third-order valence-corrected chi connectivity index (χ3v) is 6.19. The van der Waals surface area contributed by atoms with E-state index in [-0.39, 0.29) is 36.2 Å². The topological polar surface area (TPSA) is 82.8 Å². The molecule has 2 aromatic carbocycles. The van der Waals surface area contributed by atoms with E-state index in [1.807, 2.05) is 0 Å². The highest BCUT2D eigenvalue weighted by Gasteiger charge is 2.35. The number of hydrogen-bond acceptors (Lipinski definition) is 7. The fourth-order valence-corrected chi connectivity index (χ4v) is 4.34. The van der Waals surface area contributed by atoms with Crippen LogP contribution in [0, 0.1) is 5.82 Å². The van der Waals surface area contributed by atoms with Gasteiger partial charge in [-0.05, 0) is 55.8 Å². The van der Waals surface area contributed by atoms with Crippen LogP contribution < -0.4 is 15.5 Å². The number of benzene rings is 2. The van der Waals surface area contributed by atoms with E-state index in [1.165, 1.54) is 12.1 Å². The molecule has 3 aromatic rings. The average Bonchev–Trinajstić information content (AvgIpc) is 3.19. The Bertz CT molecular complexity index is 995. The number of aromatic nitrogens is 1. The number of methoxy groups -OCH3 is 1. The van der Waals surface area contributed by atoms with E-state index >= 15 is 0 Å². The summed E-state index contributed by atoms with van der Waals surface area (Å²) < 4.78 is 48.5. The zero-order chi connectivity index (χ0) is 21.6. The third kappa shape index (κ3) is 5.08. The van der Waals surface area contributed by atoms with Crippen LogP contribution in [0.2, 0.25) is 0 Å². The van der Waals surface area contributed by atoms with Crippen molar-refractivity contribution in [2.75, 3.05) is 25.6 Å². The highest BCUT2D eigenvalue weighted by molar-refractivity contribution is 7.62. The Balaban J connectivity index is 1.97. The lowest BCUT2D eigenvalue weighted by molar-refractivity contribution is 0.229. The van der Waals surface area contributed by atoms with Gasteiger partial charge in [0.05, 0.1) is 20.3 Å². The molecule has 0 aliphatic rings. The molecule has 0 amide bonds. The molecule has 0 spiro atoms. The van der Waals surface area contributed by atoms with Crippen molar-refractivity contribution in [2.45, 2.75) is 20.4 Å². The highest BCUT2D eigenvalue weighted by atomic mass is 31.2. The van der Waals surface area contributed by atoms with Gasteiger partial charge in [0, 0.05) is 12.1 Å². The van der Waals surface area contributed by atoms with Crippen molar-refractivity contribution in [3.05, 3.63) is 59.9 Å². The van der Waals surface area contributed by atoms with E-state index in [4.69, 9.17) is 18.2 Å². The van der Waals surface area contributed by atoms with Crippen molar-refractivity contribution in [2.24, 2.45) is 0 Å². The van der Waals surface area contributed by atoms with E-state index in [2.05, 4.69) is 10.3 Å². The number of rotatable bonds is 10. The second-order valence-corrected chi connectivity index (χ2v) is 8.15. The van der Waals surface area contributed by atoms with Crippen molar-refractivity contribution in [1.29, 1.82) is 0 Å². The number of nitrogens with zero attached hydrogens (tertiary/aromatic N) is 1. The lowest BCUT2D eigenvalue weighted by Crippen LogP contribution is -2.16. The average molecular weight is 434 g/mol. The number of nitrogens with one attached hydrogen (secondary N) is 1. The van der Waals surface area contributed by atoms with Crippen LogP contribution in [0.5, 0.6) is 5.75 Å². The lowest BCUT2D eigenvalue weighted by atomic mass is 10.2. The molecule has 0 bridgehead atoms. The number of oxazole rings is 1. The summed E-state index contributed by atoms with van der Waals surface area (Å²) >= 11 is 0. The molecule has 160 valence electrons. The molecular formula is C21H24FN2O5P. The first-order chi connectivity index (χ1) is 14.5. The van der Waals surface area contributed by atoms with Crippen LogP contribution in [0.25, 0.3) is 11.5 Å². The Morgan fingerprint density at radius 2 is 1.67 bits per heavy atom. The Morgan fingerprint density at radius 1 is 1.03 bits per heavy atom. The van der Waals surface area contributed by atoms with Gasteiger partial charge in [-0.1, -0.05) is 12.1 Å². The molecule has 0 aliphatic carbocycles. The Hall–Kier alpha value is -2.67. The fourth-order valence-electron chi connectivity index (χ4n) is 2.75. The largest absolute Gasteiger partial charge is 0.497 e. The van der Waals surface area contributed by atoms with E-state index in [0.29, 0.717) is 17.9 Å². The third-order valence-electron chi connectivity index (χ3n) is 4.17. The summed E-state index contributed by atoms with van der Waals surface area (Å²) in [6.07, 6.45) is 0. The van der Waals surface area contributed by atoms with E-state index in [0.717, 1.165) is 5.56 Å². The Kier molecular flexibility index (Phi) is 7.26. The SMILES string of the molecule is CCOP(=O)(OCC)c1nc(-c2ccc(OC)cc2)oc1NCc1ccc(F)cc1. The summed E-state index contributed by atoms with van der Waals surface area (Å²) in [5.74, 6) is 0.803. The first kappa shape index (κ1) is 22.0. The molecule has 0 aliphatic heterocycles. The molecule has 0 saturated heterocycles. The zero-order valence-electron chi connectivity index (χ0n) is 17.1. The fraction of sp³-hybridized carbons (Fsp3) is 0.286. The summed E-state index contributed by atoms with van der Waals surface area (Å²) in [6, 6.07) is 13.1. The molecule has 0 unspecified atom stereocenters. The summed E-state index contributed by atoms with van der Waals surface area (Å²) in [5.41, 5.74) is 1.55. The minimum Gasteiger partial charge on any atom is -0.497 e. The van der Waals surface area contributed by atoms with Crippen molar-refractivity contribution in [1.82, 2.24) is 4.98 Å². The van der Waals surface area contributed by atoms with Crippen molar-refractivity contribution >= 4 is 18.9 Å². The zero-order valence-corrected chi connectivity index (χ0v) is 17.9. The van der Waals surface area contributed by atoms with Gasteiger partial charge in [0.25, 0.3) is 0 Å². The predicted molar refractivity (Wildman–Crippen MR) is 113 cm³/mol. The first-order valence-corrected chi connectivity index (χ1v) is 11.1. The summed E-state index contributed by atoms with van der Waals surface area (Å²) in [6.45, 7) is 4.12. The quantitative estimate of drug-likeness (QED) is 0.450. The van der Waals surface area contributed by atoms with Crippen LogP contribution in [0.4, 0.5) is 10.3 Å². The number of halogens is 1. The molecule has 3 rings (SSSR count). The van der Waals surface area contributed by atoms with Gasteiger partial charge in [-0.15, -0.1) is 0 Å². The number of anilines is 1. The normalized spacial score (nSPS) is 11.5. The second kappa shape index (κ2) is 9.89. The summed E-state index contributed by atoms with van der Waals surface area (Å²) in [7, 11) is -2.13. The second-order valence-electron chi connectivity index (χ2n) is 6.21. The van der Waals surface area contributed by atoms with Crippen molar-refractivity contribution in [3.63, 3.8) is 0 Å². The van der Waals surface area contributed by atoms with E-state index < -0.39 is 7.60 Å². The van der Waals surface area contributed by atoms with Crippen molar-refractivity contribution < 1.29 is 27.2 Å². The lowest BCUT2D eigenvalue weighted by Gasteiger charge is -2.15. The molecule has 30 heavy (non-hydrogen) atoms. The van der Waals surface area contributed by atoms with E-state index in [1.54, 1.807) is 57.4 Å². The molecule has 0 radical (unpaired) electrons. The smallest absolute Gasteiger partial charge is 0.385 e. The minimum atomic E-state index is -3.71. The molecule has 1 aromatic heterocycles. The summed E-state index contributed by atoms with van der Waals surface area (Å²) in [4.78, 5) is 4.43. The van der Waals surface area contributed by atoms with Gasteiger partial charge in [-0.25, -0.2) is 4.39 Å². The standard InChI is InChI=1S/C21H24FN2O5P/c1-4-27-30(25,28-5-2)21-20(23-14-15-6-10-17(22)11-7-15)29-19(24-21)16-8-12-18(26-3)13-9-16/h6-13,23H,4-5,14H2,1-3H3. The van der Waals surface area contributed by atoms with Crippen LogP contribution >= 0.6 is 7.60 Å². The van der Waals surface area contributed by atoms with Gasteiger partial charge >= 0.3 is 7.60 Å². The van der Waals surface area contributed by atoms with Gasteiger partial charge in [0.2, 0.25) is 17.2 Å². The van der Waals surface area contributed by atoms with Gasteiger partial charge in [-0.3, -0.25) is 4.57 Å². The predicted octanol–water partition coefficient (Wildman–Crippen LogP) is 4.99. The number of ether oxygens (including phenoxy) is 1. The monoisotopic (exact) mass is 434 g/mol. The van der Waals surface area contributed by atoms with Crippen LogP contribution in [-0.2, 0) is 20.2 Å². The van der Waals surface area contributed by atoms with Gasteiger partial charge in [-0.2, -0.15) is 4.98 Å². The van der Waals surface area contributed by atoms with Crippen LogP contribution in [0.3, 0.4) is 0 Å². The number of hydrogen-bond donors (Lipinski definition) is 1. The molecule has 1 N–H and O–H groups in total. The van der Waals surface area contributed by atoms with Gasteiger partial charge in [0.15, 0.2) is 0 Å². The first-order valence-electron chi connectivity index (χ1n) is 9.52. The summed E-state index contributed by atoms with van der Waals surface area (Å²) in [5, 5.41) is 3.08. The van der Waals surface area contributed by atoms with Gasteiger partial charge in [0.1, 0.15) is 11.6 Å². The molecule has 7 nitrogen and oxygen atoms in total. The van der Waals surface area contributed by atoms with E-state index in [9.17, 15) is 8.96 Å². The molecule has 9 heteroatoms.